The van der Waals surface area contributed by atoms with Crippen LogP contribution < -0.4 is 14.8 Å². The highest BCUT2D eigenvalue weighted by Crippen LogP contribution is 2.57. The molecule has 244 valence electrons. The second-order valence-corrected chi connectivity index (χ2v) is 14.3. The van der Waals surface area contributed by atoms with Crippen molar-refractivity contribution >= 4 is 29.0 Å². The molecule has 2 bridgehead atoms. The smallest absolute Gasteiger partial charge is 0.408 e. The second-order valence-electron chi connectivity index (χ2n) is 14.3. The van der Waals surface area contributed by atoms with Crippen molar-refractivity contribution in [1.82, 2.24) is 20.2 Å². The number of carboxylic acids is 1. The molecule has 11 heteroatoms. The number of ether oxygens (including phenoxy) is 3. The van der Waals surface area contributed by atoms with Crippen LogP contribution in [0, 0.1) is 29.1 Å². The van der Waals surface area contributed by atoms with Gasteiger partial charge in [0.1, 0.15) is 35.7 Å². The molecule has 1 aromatic heterocycles. The normalized spacial score (nSPS) is 32.2. The molecule has 1 saturated heterocycles. The van der Waals surface area contributed by atoms with Gasteiger partial charge in [-0.2, -0.15) is 0 Å². The number of benzene rings is 1. The Hall–Kier alpha value is -3.63. The van der Waals surface area contributed by atoms with E-state index < -0.39 is 47.5 Å². The first-order chi connectivity index (χ1) is 21.5. The summed E-state index contributed by atoms with van der Waals surface area (Å²) in [6, 6.07) is 3.43. The summed E-state index contributed by atoms with van der Waals surface area (Å²) in [5.41, 5.74) is 1.37. The first kappa shape index (κ1) is 31.4. The number of carboxylic acid groups (broad SMARTS) is 1. The quantitative estimate of drug-likeness (QED) is 0.485. The summed E-state index contributed by atoms with van der Waals surface area (Å²) in [6.45, 7) is 7.52. The zero-order valence-corrected chi connectivity index (χ0v) is 27.0. The van der Waals surface area contributed by atoms with Crippen LogP contribution in [-0.4, -0.2) is 75.9 Å². The molecule has 0 radical (unpaired) electrons. The van der Waals surface area contributed by atoms with Gasteiger partial charge in [-0.15, -0.1) is 0 Å². The Labute approximate surface area is 264 Å². The number of hydrogen-bond donors (Lipinski definition) is 2. The van der Waals surface area contributed by atoms with E-state index >= 15 is 0 Å². The van der Waals surface area contributed by atoms with Crippen LogP contribution in [-0.2, 0) is 20.7 Å². The van der Waals surface area contributed by atoms with Crippen molar-refractivity contribution in [2.45, 2.75) is 103 Å². The maximum Gasteiger partial charge on any atom is 0.408 e. The number of methoxy groups -OCH3 is 1. The first-order valence-electron chi connectivity index (χ1n) is 16.5. The molecule has 3 fully saturated rings. The maximum absolute atomic E-state index is 14.2. The Balaban J connectivity index is 1.37. The second kappa shape index (κ2) is 12.3. The summed E-state index contributed by atoms with van der Waals surface area (Å²) >= 11 is 0. The van der Waals surface area contributed by atoms with Crippen LogP contribution >= 0.6 is 0 Å². The van der Waals surface area contributed by atoms with E-state index in [1.807, 2.05) is 39.8 Å². The topological polar surface area (TPSA) is 140 Å². The lowest BCUT2D eigenvalue weighted by Crippen LogP contribution is -2.61. The molecule has 2 saturated carbocycles. The fraction of sp³-hybridized carbons (Fsp3) is 0.676. The van der Waals surface area contributed by atoms with Gasteiger partial charge < -0.3 is 29.5 Å². The van der Waals surface area contributed by atoms with Crippen molar-refractivity contribution in [3.63, 3.8) is 0 Å². The number of hydrogen-bond acceptors (Lipinski definition) is 8. The van der Waals surface area contributed by atoms with Gasteiger partial charge in [0.2, 0.25) is 11.8 Å². The molecular weight excluding hydrogens is 576 g/mol. The minimum Gasteiger partial charge on any atom is -0.497 e. The van der Waals surface area contributed by atoms with Gasteiger partial charge in [-0.25, -0.2) is 19.6 Å². The van der Waals surface area contributed by atoms with E-state index in [1.54, 1.807) is 13.2 Å². The van der Waals surface area contributed by atoms with E-state index in [2.05, 4.69) is 5.32 Å². The number of carbonyl (C=O) groups excluding carboxylic acids is 2. The summed E-state index contributed by atoms with van der Waals surface area (Å²) in [7, 11) is 1.60. The summed E-state index contributed by atoms with van der Waals surface area (Å²) in [5, 5.41) is 13.3. The van der Waals surface area contributed by atoms with Crippen molar-refractivity contribution in [3.8, 4) is 11.6 Å². The molecule has 8 atom stereocenters. The van der Waals surface area contributed by atoms with E-state index in [-0.39, 0.29) is 12.6 Å². The standard InChI is InChI=1S/C34H46N4O7/c1-6-19-26-17-38(27(19)32(40)41)31(39)29(34(2,3)4)37-33(42)45-28-21(20-13-14-22(20)28)10-8-7-9-11-24-30(44-26)36-25-16-18(43-5)12-15-23(25)35-24/h12,15-16,19-22,26-29H,6-11,13-14,17H2,1-5H3,(H,37,42)(H,40,41)/t19-,20?,21-,22+,26+,27+,28+,29-/m1/s1. The number of aryl methyl sites for hydroxylation is 1. The fourth-order valence-electron chi connectivity index (χ4n) is 8.01. The van der Waals surface area contributed by atoms with Crippen LogP contribution in [0.3, 0.4) is 0 Å². The van der Waals surface area contributed by atoms with Gasteiger partial charge in [0, 0.05) is 12.0 Å². The van der Waals surface area contributed by atoms with Crippen molar-refractivity contribution < 1.29 is 33.7 Å². The number of carbonyl (C=O) groups is 3. The average Bonchev–Trinajstić information content (AvgIpc) is 3.35. The lowest BCUT2D eigenvalue weighted by molar-refractivity contribution is -0.164. The molecule has 0 spiro atoms. The van der Waals surface area contributed by atoms with Gasteiger partial charge in [0.15, 0.2) is 0 Å². The number of fused-ring (bicyclic) bond motifs is 8. The summed E-state index contributed by atoms with van der Waals surface area (Å²) < 4.78 is 18.0. The van der Waals surface area contributed by atoms with E-state index in [1.165, 1.54) is 11.3 Å². The Kier molecular flexibility index (Phi) is 8.56. The number of aromatic nitrogens is 2. The van der Waals surface area contributed by atoms with Gasteiger partial charge in [0.25, 0.3) is 0 Å². The van der Waals surface area contributed by atoms with Crippen LogP contribution in [0.1, 0.15) is 78.3 Å². The van der Waals surface area contributed by atoms with Crippen LogP contribution in [0.5, 0.6) is 11.6 Å². The van der Waals surface area contributed by atoms with Gasteiger partial charge in [0.05, 0.1) is 24.7 Å². The number of alkyl carbamates (subject to hydrolysis) is 1. The molecule has 2 N–H and O–H groups in total. The van der Waals surface area contributed by atoms with E-state index in [9.17, 15) is 19.5 Å². The predicted molar refractivity (Wildman–Crippen MR) is 166 cm³/mol. The molecule has 4 aliphatic rings. The molecule has 6 rings (SSSR count). The molecule has 1 unspecified atom stereocenters. The van der Waals surface area contributed by atoms with Crippen LogP contribution in [0.2, 0.25) is 0 Å². The summed E-state index contributed by atoms with van der Waals surface area (Å²) in [5.74, 6) is 0.265. The number of rotatable bonds is 3. The maximum atomic E-state index is 14.2. The number of nitrogens with zero attached hydrogens (tertiary/aromatic N) is 3. The zero-order chi connectivity index (χ0) is 32.0. The zero-order valence-electron chi connectivity index (χ0n) is 27.0. The van der Waals surface area contributed by atoms with Gasteiger partial charge in [-0.05, 0) is 73.8 Å². The third-order valence-electron chi connectivity index (χ3n) is 10.6. The monoisotopic (exact) mass is 622 g/mol. The molecular formula is C34H46N4O7. The van der Waals surface area contributed by atoms with Crippen molar-refractivity contribution in [2.75, 3.05) is 13.7 Å². The molecule has 11 nitrogen and oxygen atoms in total. The minimum absolute atomic E-state index is 0.0450. The molecule has 2 amide bonds. The lowest BCUT2D eigenvalue weighted by Gasteiger charge is -2.58. The Morgan fingerprint density at radius 2 is 1.80 bits per heavy atom. The highest BCUT2D eigenvalue weighted by Gasteiger charge is 2.57. The third-order valence-corrected chi connectivity index (χ3v) is 10.6. The van der Waals surface area contributed by atoms with Crippen LogP contribution in [0.4, 0.5) is 4.79 Å². The lowest BCUT2D eigenvalue weighted by atomic mass is 9.50. The fourth-order valence-corrected chi connectivity index (χ4v) is 8.01. The van der Waals surface area contributed by atoms with Crippen molar-refractivity contribution in [2.24, 2.45) is 29.1 Å². The Morgan fingerprint density at radius 3 is 2.47 bits per heavy atom. The van der Waals surface area contributed by atoms with Crippen molar-refractivity contribution in [1.29, 1.82) is 0 Å². The van der Waals surface area contributed by atoms with Gasteiger partial charge in [-0.1, -0.05) is 40.5 Å². The van der Waals surface area contributed by atoms with Crippen LogP contribution in [0.25, 0.3) is 11.0 Å². The number of aliphatic carboxylic acids is 1. The van der Waals surface area contributed by atoms with Crippen molar-refractivity contribution in [3.05, 3.63) is 23.9 Å². The predicted octanol–water partition coefficient (Wildman–Crippen LogP) is 4.99. The van der Waals surface area contributed by atoms with Crippen LogP contribution in [0.15, 0.2) is 18.2 Å². The molecule has 1 aromatic carbocycles. The Bertz CT molecular complexity index is 1460. The highest BCUT2D eigenvalue weighted by atomic mass is 16.6. The molecule has 3 heterocycles. The molecule has 2 aliphatic heterocycles. The molecule has 2 aliphatic carbocycles. The molecule has 2 aromatic rings. The summed E-state index contributed by atoms with van der Waals surface area (Å²) in [6.07, 6.45) is 5.85. The van der Waals surface area contributed by atoms with Gasteiger partial charge >= 0.3 is 12.1 Å². The minimum atomic E-state index is -1.12. The summed E-state index contributed by atoms with van der Waals surface area (Å²) in [4.78, 5) is 51.4. The van der Waals surface area contributed by atoms with E-state index in [0.717, 1.165) is 43.3 Å². The highest BCUT2D eigenvalue weighted by molar-refractivity contribution is 5.90. The SMILES string of the molecule is CC[C@@H]1[C@@H]2CN(C(=O)[C@H](C(C)(C)C)NC(=O)O[C@H]3[C@H](CCCCCc4nc5ccc(OC)cc5nc4O2)C2CC[C@@H]23)[C@@H]1C(=O)O. The Morgan fingerprint density at radius 1 is 1.04 bits per heavy atom. The van der Waals surface area contributed by atoms with E-state index in [4.69, 9.17) is 24.2 Å². The number of amides is 2. The number of nitrogens with one attached hydrogen (secondary N) is 1. The third kappa shape index (κ3) is 5.90. The van der Waals surface area contributed by atoms with Gasteiger partial charge in [-0.3, -0.25) is 4.79 Å². The first-order valence-corrected chi connectivity index (χ1v) is 16.5. The largest absolute Gasteiger partial charge is 0.497 e. The average molecular weight is 623 g/mol. The van der Waals surface area contributed by atoms with E-state index in [0.29, 0.717) is 47.7 Å². The molecule has 45 heavy (non-hydrogen) atoms.